The molecule has 1 amide bonds. The molecule has 3 rings (SSSR count). The van der Waals surface area contributed by atoms with Gasteiger partial charge in [0.1, 0.15) is 5.82 Å². The molecule has 160 valence electrons. The van der Waals surface area contributed by atoms with Gasteiger partial charge in [0.05, 0.1) is 11.4 Å². The number of carbonyl (C=O) groups is 2. The van der Waals surface area contributed by atoms with Crippen LogP contribution in [0.25, 0.3) is 23.0 Å². The van der Waals surface area contributed by atoms with Crippen LogP contribution in [0.15, 0.2) is 66.9 Å². The van der Waals surface area contributed by atoms with Crippen molar-refractivity contribution in [3.63, 3.8) is 0 Å². The minimum atomic E-state index is -0.651. The maximum atomic E-state index is 13.3. The average Bonchev–Trinajstić information content (AvgIpc) is 3.15. The van der Waals surface area contributed by atoms with Gasteiger partial charge in [-0.3, -0.25) is 4.79 Å². The first-order valence-corrected chi connectivity index (χ1v) is 9.78. The third kappa shape index (κ3) is 6.37. The van der Waals surface area contributed by atoms with Crippen molar-refractivity contribution < 1.29 is 18.7 Å². The topological polar surface area (TPSA) is 73.2 Å². The van der Waals surface area contributed by atoms with Crippen LogP contribution in [0.5, 0.6) is 0 Å². The van der Waals surface area contributed by atoms with E-state index in [0.29, 0.717) is 16.8 Å². The Morgan fingerprint density at radius 3 is 2.42 bits per heavy atom. The molecular formula is C24H24FN3O3. The highest BCUT2D eigenvalue weighted by Gasteiger charge is 2.15. The largest absolute Gasteiger partial charge is 0.452 e. The fourth-order valence-corrected chi connectivity index (χ4v) is 2.85. The second-order valence-corrected chi connectivity index (χ2v) is 7.96. The number of rotatable bonds is 6. The Hall–Kier alpha value is -3.74. The molecule has 31 heavy (non-hydrogen) atoms. The van der Waals surface area contributed by atoms with Gasteiger partial charge in [0, 0.05) is 28.9 Å². The Morgan fingerprint density at radius 1 is 1.10 bits per heavy atom. The quantitative estimate of drug-likeness (QED) is 0.479. The number of nitrogens with one attached hydrogen (secondary N) is 1. The first-order chi connectivity index (χ1) is 14.7. The van der Waals surface area contributed by atoms with Gasteiger partial charge < -0.3 is 10.1 Å². The van der Waals surface area contributed by atoms with E-state index in [9.17, 15) is 14.0 Å². The van der Waals surface area contributed by atoms with Crippen molar-refractivity contribution in [1.29, 1.82) is 0 Å². The molecule has 0 spiro atoms. The van der Waals surface area contributed by atoms with Gasteiger partial charge in [-0.2, -0.15) is 5.10 Å². The van der Waals surface area contributed by atoms with Gasteiger partial charge in [-0.05, 0) is 63.2 Å². The monoisotopic (exact) mass is 421 g/mol. The first kappa shape index (κ1) is 22.0. The molecule has 1 N–H and O–H groups in total. The smallest absolute Gasteiger partial charge is 0.331 e. The number of benzene rings is 2. The summed E-state index contributed by atoms with van der Waals surface area (Å²) in [5.41, 5.74) is 2.36. The minimum Gasteiger partial charge on any atom is -0.452 e. The molecule has 0 aliphatic carbocycles. The molecule has 0 saturated carbocycles. The van der Waals surface area contributed by atoms with E-state index in [-0.39, 0.29) is 18.3 Å². The van der Waals surface area contributed by atoms with E-state index >= 15 is 0 Å². The lowest BCUT2D eigenvalue weighted by molar-refractivity contribution is -0.144. The standard InChI is InChI=1S/C24H24FN3O3/c1-24(2,3)26-21(29)16-31-22(30)14-11-18-15-28(20-7-5-4-6-8-20)27-23(18)17-9-12-19(25)13-10-17/h4-15H,16H2,1-3H3,(H,26,29)/b14-11+. The lowest BCUT2D eigenvalue weighted by Crippen LogP contribution is -2.42. The first-order valence-electron chi connectivity index (χ1n) is 9.78. The number of ether oxygens (including phenoxy) is 1. The van der Waals surface area contributed by atoms with E-state index in [1.807, 2.05) is 51.1 Å². The molecule has 1 aromatic heterocycles. The van der Waals surface area contributed by atoms with Crippen LogP contribution in [0.4, 0.5) is 4.39 Å². The van der Waals surface area contributed by atoms with Gasteiger partial charge in [-0.25, -0.2) is 13.9 Å². The summed E-state index contributed by atoms with van der Waals surface area (Å²) < 4.78 is 20.0. The lowest BCUT2D eigenvalue weighted by atomic mass is 10.1. The van der Waals surface area contributed by atoms with E-state index < -0.39 is 11.5 Å². The van der Waals surface area contributed by atoms with Crippen LogP contribution in [0, 0.1) is 5.82 Å². The second-order valence-electron chi connectivity index (χ2n) is 7.96. The molecule has 0 radical (unpaired) electrons. The molecule has 0 aliphatic rings. The van der Waals surface area contributed by atoms with Crippen LogP contribution in [0.1, 0.15) is 26.3 Å². The van der Waals surface area contributed by atoms with Gasteiger partial charge in [0.2, 0.25) is 0 Å². The number of carbonyl (C=O) groups excluding carboxylic acids is 2. The number of amides is 1. The lowest BCUT2D eigenvalue weighted by Gasteiger charge is -2.20. The Morgan fingerprint density at radius 2 is 1.77 bits per heavy atom. The molecule has 2 aromatic carbocycles. The third-order valence-corrected chi connectivity index (χ3v) is 4.14. The molecule has 0 bridgehead atoms. The number of esters is 1. The fraction of sp³-hybridized carbons (Fsp3) is 0.208. The minimum absolute atomic E-state index is 0.347. The highest BCUT2D eigenvalue weighted by atomic mass is 19.1. The van der Waals surface area contributed by atoms with E-state index in [0.717, 1.165) is 5.69 Å². The second kappa shape index (κ2) is 9.38. The number of hydrogen-bond donors (Lipinski definition) is 1. The Bertz CT molecular complexity index is 1080. The van der Waals surface area contributed by atoms with Gasteiger partial charge >= 0.3 is 5.97 Å². The molecule has 0 aliphatic heterocycles. The third-order valence-electron chi connectivity index (χ3n) is 4.14. The van der Waals surface area contributed by atoms with Crippen LogP contribution < -0.4 is 5.32 Å². The number of aromatic nitrogens is 2. The molecule has 0 fully saturated rings. The van der Waals surface area contributed by atoms with Crippen molar-refractivity contribution in [2.45, 2.75) is 26.3 Å². The van der Waals surface area contributed by atoms with Gasteiger partial charge in [0.15, 0.2) is 6.61 Å². The average molecular weight is 421 g/mol. The summed E-state index contributed by atoms with van der Waals surface area (Å²) in [6.45, 7) is 5.16. The van der Waals surface area contributed by atoms with Crippen molar-refractivity contribution in [3.05, 3.63) is 78.3 Å². The highest BCUT2D eigenvalue weighted by molar-refractivity contribution is 5.90. The van der Waals surface area contributed by atoms with Gasteiger partial charge in [0.25, 0.3) is 5.91 Å². The van der Waals surface area contributed by atoms with E-state index in [2.05, 4.69) is 10.4 Å². The molecule has 6 nitrogen and oxygen atoms in total. The SMILES string of the molecule is CC(C)(C)NC(=O)COC(=O)/C=C/c1cn(-c2ccccc2)nc1-c1ccc(F)cc1. The molecule has 3 aromatic rings. The maximum Gasteiger partial charge on any atom is 0.331 e. The van der Waals surface area contributed by atoms with Gasteiger partial charge in [-0.1, -0.05) is 18.2 Å². The maximum absolute atomic E-state index is 13.3. The number of halogens is 1. The summed E-state index contributed by atoms with van der Waals surface area (Å²) >= 11 is 0. The zero-order valence-electron chi connectivity index (χ0n) is 17.6. The Balaban J connectivity index is 1.80. The van der Waals surface area contributed by atoms with Crippen molar-refractivity contribution in [2.24, 2.45) is 0 Å². The van der Waals surface area contributed by atoms with Crippen molar-refractivity contribution in [3.8, 4) is 16.9 Å². The molecule has 0 unspecified atom stereocenters. The molecule has 0 saturated heterocycles. The van der Waals surface area contributed by atoms with E-state index in [1.165, 1.54) is 18.2 Å². The van der Waals surface area contributed by atoms with Crippen molar-refractivity contribution in [2.75, 3.05) is 6.61 Å². The molecular weight excluding hydrogens is 397 g/mol. The van der Waals surface area contributed by atoms with Crippen LogP contribution in [-0.2, 0) is 14.3 Å². The van der Waals surface area contributed by atoms with Crippen LogP contribution >= 0.6 is 0 Å². The highest BCUT2D eigenvalue weighted by Crippen LogP contribution is 2.25. The zero-order chi connectivity index (χ0) is 22.4. The molecule has 0 atom stereocenters. The molecule has 7 heteroatoms. The Labute approximate surface area is 180 Å². The van der Waals surface area contributed by atoms with Gasteiger partial charge in [-0.15, -0.1) is 0 Å². The summed E-state index contributed by atoms with van der Waals surface area (Å²) in [4.78, 5) is 23.9. The summed E-state index contributed by atoms with van der Waals surface area (Å²) in [6.07, 6.45) is 4.57. The molecule has 1 heterocycles. The summed E-state index contributed by atoms with van der Waals surface area (Å²) in [5.74, 6) is -1.37. The summed E-state index contributed by atoms with van der Waals surface area (Å²) in [6, 6.07) is 15.4. The summed E-state index contributed by atoms with van der Waals surface area (Å²) in [7, 11) is 0. The van der Waals surface area contributed by atoms with Crippen LogP contribution in [0.2, 0.25) is 0 Å². The summed E-state index contributed by atoms with van der Waals surface area (Å²) in [5, 5.41) is 7.32. The predicted molar refractivity (Wildman–Crippen MR) is 117 cm³/mol. The Kier molecular flexibility index (Phi) is 6.65. The number of hydrogen-bond acceptors (Lipinski definition) is 4. The number of para-hydroxylation sites is 1. The normalized spacial score (nSPS) is 11.5. The van der Waals surface area contributed by atoms with E-state index in [4.69, 9.17) is 4.74 Å². The number of nitrogens with zero attached hydrogens (tertiary/aromatic N) is 2. The van der Waals surface area contributed by atoms with Crippen molar-refractivity contribution in [1.82, 2.24) is 15.1 Å². The van der Waals surface area contributed by atoms with Crippen LogP contribution in [-0.4, -0.2) is 33.8 Å². The fourth-order valence-electron chi connectivity index (χ4n) is 2.85. The van der Waals surface area contributed by atoms with Crippen molar-refractivity contribution >= 4 is 18.0 Å². The predicted octanol–water partition coefficient (Wildman–Crippen LogP) is 4.15. The van der Waals surface area contributed by atoms with E-state index in [1.54, 1.807) is 29.1 Å². The van der Waals surface area contributed by atoms with Crippen LogP contribution in [0.3, 0.4) is 0 Å². The zero-order valence-corrected chi connectivity index (χ0v) is 17.6.